The van der Waals surface area contributed by atoms with Gasteiger partial charge in [0.05, 0.1) is 0 Å². The summed E-state index contributed by atoms with van der Waals surface area (Å²) in [5, 5.41) is 8.22. The van der Waals surface area contributed by atoms with Crippen LogP contribution in [0.2, 0.25) is 5.15 Å². The van der Waals surface area contributed by atoms with Crippen molar-refractivity contribution in [2.45, 2.75) is 16.2 Å². The van der Waals surface area contributed by atoms with Crippen LogP contribution in [0, 0.1) is 6.92 Å². The molecule has 14 heavy (non-hydrogen) atoms. The van der Waals surface area contributed by atoms with Gasteiger partial charge in [-0.25, -0.2) is 4.98 Å². The van der Waals surface area contributed by atoms with E-state index in [2.05, 4.69) is 15.2 Å². The molecule has 2 aromatic rings. The number of pyridine rings is 1. The first kappa shape index (κ1) is 9.89. The molecule has 0 atom stereocenters. The zero-order valence-electron chi connectivity index (χ0n) is 7.27. The van der Waals surface area contributed by atoms with Crippen molar-refractivity contribution in [2.24, 2.45) is 0 Å². The van der Waals surface area contributed by atoms with Gasteiger partial charge in [-0.15, -0.1) is 10.2 Å². The van der Waals surface area contributed by atoms with E-state index in [-0.39, 0.29) is 0 Å². The molecule has 0 aliphatic heterocycles. The maximum Gasteiger partial charge on any atom is 0.178 e. The molecule has 0 bridgehead atoms. The van der Waals surface area contributed by atoms with E-state index >= 15 is 0 Å². The van der Waals surface area contributed by atoms with E-state index < -0.39 is 0 Å². The molecule has 0 fully saturated rings. The first-order chi connectivity index (χ1) is 6.75. The number of hydrogen-bond donors (Lipinski definition) is 0. The summed E-state index contributed by atoms with van der Waals surface area (Å²) < 4.78 is 0.912. The van der Waals surface area contributed by atoms with E-state index in [0.717, 1.165) is 14.8 Å². The van der Waals surface area contributed by atoms with Gasteiger partial charge in [-0.3, -0.25) is 0 Å². The minimum atomic E-state index is 0.502. The van der Waals surface area contributed by atoms with Crippen molar-refractivity contribution >= 4 is 34.7 Å². The van der Waals surface area contributed by atoms with Crippen LogP contribution in [0.4, 0.5) is 0 Å². The van der Waals surface area contributed by atoms with Crippen LogP contribution < -0.4 is 0 Å². The Morgan fingerprint density at radius 3 is 3.07 bits per heavy atom. The SMILES string of the molecule is Cc1cnc(Cl)cc1Sc1nncs1. The predicted octanol–water partition coefficient (Wildman–Crippen LogP) is 3.05. The summed E-state index contributed by atoms with van der Waals surface area (Å²) in [5.41, 5.74) is 2.80. The van der Waals surface area contributed by atoms with Crippen LogP contribution in [0.1, 0.15) is 5.56 Å². The van der Waals surface area contributed by atoms with Gasteiger partial charge in [0.25, 0.3) is 0 Å². The van der Waals surface area contributed by atoms with Crippen LogP contribution in [-0.4, -0.2) is 15.2 Å². The van der Waals surface area contributed by atoms with Gasteiger partial charge in [0.2, 0.25) is 0 Å². The average Bonchev–Trinajstić information content (AvgIpc) is 2.64. The van der Waals surface area contributed by atoms with E-state index in [0.29, 0.717) is 5.15 Å². The fourth-order valence-electron chi connectivity index (χ4n) is 0.893. The third-order valence-corrected chi connectivity index (χ3v) is 3.70. The molecule has 0 amide bonds. The van der Waals surface area contributed by atoms with Crippen molar-refractivity contribution in [3.8, 4) is 0 Å². The van der Waals surface area contributed by atoms with Gasteiger partial charge < -0.3 is 0 Å². The molecule has 0 saturated carbocycles. The van der Waals surface area contributed by atoms with Crippen LogP contribution in [0.15, 0.2) is 27.0 Å². The molecule has 0 unspecified atom stereocenters. The summed E-state index contributed by atoms with van der Waals surface area (Å²) in [6.07, 6.45) is 1.76. The lowest BCUT2D eigenvalue weighted by Gasteiger charge is -2.01. The minimum absolute atomic E-state index is 0.502. The van der Waals surface area contributed by atoms with Crippen molar-refractivity contribution in [3.63, 3.8) is 0 Å². The second-order valence-electron chi connectivity index (χ2n) is 2.58. The minimum Gasteiger partial charge on any atom is -0.244 e. The van der Waals surface area contributed by atoms with Gasteiger partial charge in [0.15, 0.2) is 4.34 Å². The lowest BCUT2D eigenvalue weighted by Crippen LogP contribution is -1.83. The van der Waals surface area contributed by atoms with Crippen LogP contribution >= 0.6 is 34.7 Å². The molecule has 72 valence electrons. The Balaban J connectivity index is 2.28. The van der Waals surface area contributed by atoms with Crippen LogP contribution in [0.5, 0.6) is 0 Å². The first-order valence-corrected chi connectivity index (χ1v) is 5.89. The van der Waals surface area contributed by atoms with Gasteiger partial charge in [-0.1, -0.05) is 34.7 Å². The fourth-order valence-corrected chi connectivity index (χ4v) is 2.65. The van der Waals surface area contributed by atoms with E-state index in [1.54, 1.807) is 23.5 Å². The molecule has 6 heteroatoms. The molecular weight excluding hydrogens is 238 g/mol. The summed E-state index contributed by atoms with van der Waals surface area (Å²) in [6, 6.07) is 1.84. The Morgan fingerprint density at radius 1 is 1.50 bits per heavy atom. The zero-order valence-corrected chi connectivity index (χ0v) is 9.66. The highest BCUT2D eigenvalue weighted by molar-refractivity contribution is 8.01. The highest BCUT2D eigenvalue weighted by atomic mass is 35.5. The Hall–Kier alpha value is -0.650. The lowest BCUT2D eigenvalue weighted by atomic mass is 10.3. The van der Waals surface area contributed by atoms with Crippen molar-refractivity contribution in [3.05, 3.63) is 28.5 Å². The molecular formula is C8H6ClN3S2. The third kappa shape index (κ3) is 2.23. The standard InChI is InChI=1S/C8H6ClN3S2/c1-5-3-10-7(9)2-6(5)14-8-12-11-4-13-8/h2-4H,1H3. The maximum atomic E-state index is 5.80. The monoisotopic (exact) mass is 243 g/mol. The summed E-state index contributed by atoms with van der Waals surface area (Å²) in [7, 11) is 0. The third-order valence-electron chi connectivity index (χ3n) is 1.56. The number of nitrogens with zero attached hydrogens (tertiary/aromatic N) is 3. The molecule has 3 nitrogen and oxygen atoms in total. The van der Waals surface area contributed by atoms with Gasteiger partial charge in [0, 0.05) is 11.1 Å². The molecule has 0 aliphatic carbocycles. The number of rotatable bonds is 2. The fraction of sp³-hybridized carbons (Fsp3) is 0.125. The second kappa shape index (κ2) is 4.25. The molecule has 0 radical (unpaired) electrons. The number of halogens is 1. The highest BCUT2D eigenvalue weighted by Gasteiger charge is 2.05. The van der Waals surface area contributed by atoms with Gasteiger partial charge in [-0.05, 0) is 18.6 Å². The van der Waals surface area contributed by atoms with Crippen LogP contribution in [0.3, 0.4) is 0 Å². The molecule has 0 saturated heterocycles. The van der Waals surface area contributed by atoms with E-state index in [1.165, 1.54) is 11.3 Å². The second-order valence-corrected chi connectivity index (χ2v) is 5.09. The van der Waals surface area contributed by atoms with Crippen LogP contribution in [0.25, 0.3) is 0 Å². The molecule has 0 aromatic carbocycles. The van der Waals surface area contributed by atoms with Crippen molar-refractivity contribution < 1.29 is 0 Å². The van der Waals surface area contributed by atoms with Crippen molar-refractivity contribution in [1.29, 1.82) is 0 Å². The van der Waals surface area contributed by atoms with Gasteiger partial charge in [0.1, 0.15) is 10.7 Å². The quantitative estimate of drug-likeness (QED) is 0.760. The Labute approximate surface area is 94.5 Å². The summed E-state index contributed by atoms with van der Waals surface area (Å²) in [5.74, 6) is 0. The first-order valence-electron chi connectivity index (χ1n) is 3.82. The van der Waals surface area contributed by atoms with Crippen molar-refractivity contribution in [1.82, 2.24) is 15.2 Å². The summed E-state index contributed by atoms with van der Waals surface area (Å²) in [6.45, 7) is 1.99. The molecule has 0 N–H and O–H groups in total. The van der Waals surface area contributed by atoms with Crippen molar-refractivity contribution in [2.75, 3.05) is 0 Å². The Bertz CT molecular complexity index is 430. The maximum absolute atomic E-state index is 5.80. The number of aromatic nitrogens is 3. The number of aryl methyl sites for hydroxylation is 1. The van der Waals surface area contributed by atoms with E-state index in [4.69, 9.17) is 11.6 Å². The van der Waals surface area contributed by atoms with E-state index in [1.807, 2.05) is 13.0 Å². The predicted molar refractivity (Wildman–Crippen MR) is 58.0 cm³/mol. The van der Waals surface area contributed by atoms with Crippen LogP contribution in [-0.2, 0) is 0 Å². The largest absolute Gasteiger partial charge is 0.244 e. The molecule has 2 heterocycles. The normalized spacial score (nSPS) is 10.4. The summed E-state index contributed by atoms with van der Waals surface area (Å²) in [4.78, 5) is 5.06. The topological polar surface area (TPSA) is 38.7 Å². The Kier molecular flexibility index (Phi) is 3.00. The van der Waals surface area contributed by atoms with Gasteiger partial charge >= 0.3 is 0 Å². The molecule has 0 spiro atoms. The average molecular weight is 244 g/mol. The molecule has 0 aliphatic rings. The van der Waals surface area contributed by atoms with E-state index in [9.17, 15) is 0 Å². The molecule has 2 aromatic heterocycles. The smallest absolute Gasteiger partial charge is 0.178 e. The lowest BCUT2D eigenvalue weighted by molar-refractivity contribution is 1.01. The Morgan fingerprint density at radius 2 is 2.36 bits per heavy atom. The summed E-state index contributed by atoms with van der Waals surface area (Å²) >= 11 is 8.86. The highest BCUT2D eigenvalue weighted by Crippen LogP contribution is 2.31. The number of hydrogen-bond acceptors (Lipinski definition) is 5. The van der Waals surface area contributed by atoms with Gasteiger partial charge in [-0.2, -0.15) is 0 Å². The zero-order chi connectivity index (χ0) is 9.97. The molecule has 2 rings (SSSR count).